The Morgan fingerprint density at radius 2 is 2.22 bits per heavy atom. The second-order valence-corrected chi connectivity index (χ2v) is 5.61. The lowest BCUT2D eigenvalue weighted by molar-refractivity contribution is 0.0284. The minimum absolute atomic E-state index is 0.322. The van der Waals surface area contributed by atoms with E-state index in [4.69, 9.17) is 4.74 Å². The van der Waals surface area contributed by atoms with Gasteiger partial charge in [0.1, 0.15) is 12.4 Å². The Morgan fingerprint density at radius 1 is 1.44 bits per heavy atom. The third kappa shape index (κ3) is 3.24. The number of nitrogens with one attached hydrogen (secondary N) is 1. The summed E-state index contributed by atoms with van der Waals surface area (Å²) in [5, 5.41) is 13.1. The van der Waals surface area contributed by atoms with E-state index in [1.165, 1.54) is 11.1 Å². The summed E-state index contributed by atoms with van der Waals surface area (Å²) in [6.45, 7) is 6.96. The summed E-state index contributed by atoms with van der Waals surface area (Å²) < 4.78 is 5.62. The van der Waals surface area contributed by atoms with Crippen molar-refractivity contribution < 1.29 is 9.84 Å². The third-order valence-electron chi connectivity index (χ3n) is 3.23. The van der Waals surface area contributed by atoms with Gasteiger partial charge in [-0.25, -0.2) is 0 Å². The van der Waals surface area contributed by atoms with Gasteiger partial charge in [0.25, 0.3) is 0 Å². The minimum atomic E-state index is -0.786. The molecule has 0 heterocycles. The van der Waals surface area contributed by atoms with E-state index in [2.05, 4.69) is 24.4 Å². The SMILES string of the molecule is CCNC1CCc2cc(OCC(C)(C)O)ccc21. The third-order valence-corrected chi connectivity index (χ3v) is 3.23. The zero-order valence-corrected chi connectivity index (χ0v) is 11.5. The van der Waals surface area contributed by atoms with Gasteiger partial charge in [0, 0.05) is 6.04 Å². The monoisotopic (exact) mass is 249 g/mol. The van der Waals surface area contributed by atoms with E-state index < -0.39 is 5.60 Å². The highest BCUT2D eigenvalue weighted by Crippen LogP contribution is 2.33. The average molecular weight is 249 g/mol. The second-order valence-electron chi connectivity index (χ2n) is 5.61. The van der Waals surface area contributed by atoms with Gasteiger partial charge in [0.05, 0.1) is 5.60 Å². The van der Waals surface area contributed by atoms with Gasteiger partial charge in [-0.15, -0.1) is 0 Å². The number of aryl methyl sites for hydroxylation is 1. The molecule has 0 fully saturated rings. The van der Waals surface area contributed by atoms with Crippen molar-refractivity contribution in [1.82, 2.24) is 5.32 Å². The van der Waals surface area contributed by atoms with Crippen molar-refractivity contribution in [3.8, 4) is 5.75 Å². The molecule has 0 aliphatic heterocycles. The first-order chi connectivity index (χ1) is 8.49. The molecule has 2 rings (SSSR count). The Morgan fingerprint density at radius 3 is 2.89 bits per heavy atom. The molecule has 3 nitrogen and oxygen atoms in total. The first kappa shape index (κ1) is 13.4. The highest BCUT2D eigenvalue weighted by atomic mass is 16.5. The van der Waals surface area contributed by atoms with E-state index in [1.54, 1.807) is 13.8 Å². The smallest absolute Gasteiger partial charge is 0.119 e. The molecule has 100 valence electrons. The van der Waals surface area contributed by atoms with Gasteiger partial charge in [0.2, 0.25) is 0 Å². The molecule has 0 spiro atoms. The number of rotatable bonds is 5. The van der Waals surface area contributed by atoms with Crippen molar-refractivity contribution in [2.24, 2.45) is 0 Å². The molecule has 0 saturated heterocycles. The summed E-state index contributed by atoms with van der Waals surface area (Å²) in [4.78, 5) is 0. The number of ether oxygens (including phenoxy) is 1. The number of hydrogen-bond acceptors (Lipinski definition) is 3. The van der Waals surface area contributed by atoms with Crippen molar-refractivity contribution in [2.45, 2.75) is 45.3 Å². The summed E-state index contributed by atoms with van der Waals surface area (Å²) in [5.41, 5.74) is 1.98. The van der Waals surface area contributed by atoms with Crippen molar-refractivity contribution >= 4 is 0 Å². The molecule has 1 aliphatic carbocycles. The zero-order valence-electron chi connectivity index (χ0n) is 11.5. The minimum Gasteiger partial charge on any atom is -0.491 e. The van der Waals surface area contributed by atoms with E-state index >= 15 is 0 Å². The Bertz CT molecular complexity index is 409. The predicted octanol–water partition coefficient (Wildman–Crippen LogP) is 2.43. The van der Waals surface area contributed by atoms with E-state index in [-0.39, 0.29) is 0 Å². The first-order valence-electron chi connectivity index (χ1n) is 6.71. The summed E-state index contributed by atoms with van der Waals surface area (Å²) in [5.74, 6) is 0.855. The van der Waals surface area contributed by atoms with Gasteiger partial charge in [-0.2, -0.15) is 0 Å². The fraction of sp³-hybridized carbons (Fsp3) is 0.600. The van der Waals surface area contributed by atoms with E-state index in [1.807, 2.05) is 6.07 Å². The van der Waals surface area contributed by atoms with Crippen LogP contribution in [0.4, 0.5) is 0 Å². The van der Waals surface area contributed by atoms with Crippen LogP contribution in [0.25, 0.3) is 0 Å². The summed E-state index contributed by atoms with van der Waals surface area (Å²) >= 11 is 0. The molecule has 1 aliphatic rings. The number of fused-ring (bicyclic) bond motifs is 1. The van der Waals surface area contributed by atoms with Crippen LogP contribution >= 0.6 is 0 Å². The maximum Gasteiger partial charge on any atom is 0.119 e. The maximum atomic E-state index is 9.65. The molecule has 1 aromatic rings. The molecular formula is C15H23NO2. The van der Waals surface area contributed by atoms with Gasteiger partial charge < -0.3 is 15.2 Å². The molecule has 0 aromatic heterocycles. The van der Waals surface area contributed by atoms with Crippen molar-refractivity contribution in [2.75, 3.05) is 13.2 Å². The summed E-state index contributed by atoms with van der Waals surface area (Å²) in [7, 11) is 0. The quantitative estimate of drug-likeness (QED) is 0.842. The lowest BCUT2D eigenvalue weighted by Crippen LogP contribution is -2.27. The number of benzene rings is 1. The Balaban J connectivity index is 2.05. The van der Waals surface area contributed by atoms with Crippen LogP contribution in [0, 0.1) is 0 Å². The van der Waals surface area contributed by atoms with Crippen molar-refractivity contribution in [3.05, 3.63) is 29.3 Å². The molecule has 1 aromatic carbocycles. The van der Waals surface area contributed by atoms with Gasteiger partial charge in [-0.05, 0) is 56.5 Å². The molecule has 1 atom stereocenters. The summed E-state index contributed by atoms with van der Waals surface area (Å²) in [6.07, 6.45) is 2.27. The van der Waals surface area contributed by atoms with Crippen LogP contribution < -0.4 is 10.1 Å². The van der Waals surface area contributed by atoms with Gasteiger partial charge in [-0.3, -0.25) is 0 Å². The zero-order chi connectivity index (χ0) is 13.2. The Labute approximate surface area is 109 Å². The molecule has 0 bridgehead atoms. The molecule has 0 amide bonds. The van der Waals surface area contributed by atoms with E-state index in [9.17, 15) is 5.11 Å². The predicted molar refractivity (Wildman–Crippen MR) is 73.0 cm³/mol. The highest BCUT2D eigenvalue weighted by Gasteiger charge is 2.22. The molecule has 0 radical (unpaired) electrons. The van der Waals surface area contributed by atoms with Crippen molar-refractivity contribution in [1.29, 1.82) is 0 Å². The van der Waals surface area contributed by atoms with E-state index in [0.717, 1.165) is 25.1 Å². The molecule has 0 saturated carbocycles. The Kier molecular flexibility index (Phi) is 3.93. The summed E-state index contributed by atoms with van der Waals surface area (Å²) in [6, 6.07) is 6.75. The van der Waals surface area contributed by atoms with Crippen LogP contribution in [0.2, 0.25) is 0 Å². The maximum absolute atomic E-state index is 9.65. The lowest BCUT2D eigenvalue weighted by atomic mass is 10.1. The largest absolute Gasteiger partial charge is 0.491 e. The molecular weight excluding hydrogens is 226 g/mol. The topological polar surface area (TPSA) is 41.5 Å². The lowest BCUT2D eigenvalue weighted by Gasteiger charge is -2.18. The van der Waals surface area contributed by atoms with Crippen LogP contribution in [0.15, 0.2) is 18.2 Å². The van der Waals surface area contributed by atoms with Crippen LogP contribution in [-0.4, -0.2) is 23.9 Å². The number of aliphatic hydroxyl groups is 1. The molecule has 3 heteroatoms. The van der Waals surface area contributed by atoms with Gasteiger partial charge in [0.15, 0.2) is 0 Å². The standard InChI is InChI=1S/C15H23NO2/c1-4-16-14-8-5-11-9-12(6-7-13(11)14)18-10-15(2,3)17/h6-7,9,14,16-17H,4-5,8,10H2,1-3H3. The fourth-order valence-corrected chi connectivity index (χ4v) is 2.40. The van der Waals surface area contributed by atoms with Gasteiger partial charge >= 0.3 is 0 Å². The van der Waals surface area contributed by atoms with Crippen molar-refractivity contribution in [3.63, 3.8) is 0 Å². The number of hydrogen-bond donors (Lipinski definition) is 2. The second kappa shape index (κ2) is 5.29. The first-order valence-corrected chi connectivity index (χ1v) is 6.71. The van der Waals surface area contributed by atoms with Crippen LogP contribution in [0.1, 0.15) is 44.4 Å². The Hall–Kier alpha value is -1.06. The normalized spacial score (nSPS) is 18.8. The van der Waals surface area contributed by atoms with Gasteiger partial charge in [-0.1, -0.05) is 13.0 Å². The molecule has 18 heavy (non-hydrogen) atoms. The van der Waals surface area contributed by atoms with Crippen LogP contribution in [0.3, 0.4) is 0 Å². The van der Waals surface area contributed by atoms with Crippen LogP contribution in [-0.2, 0) is 6.42 Å². The highest BCUT2D eigenvalue weighted by molar-refractivity contribution is 5.40. The van der Waals surface area contributed by atoms with Crippen LogP contribution in [0.5, 0.6) is 5.75 Å². The average Bonchev–Trinajstić information content (AvgIpc) is 2.69. The fourth-order valence-electron chi connectivity index (χ4n) is 2.40. The molecule has 1 unspecified atom stereocenters. The molecule has 2 N–H and O–H groups in total. The van der Waals surface area contributed by atoms with E-state index in [0.29, 0.717) is 12.6 Å².